The lowest BCUT2D eigenvalue weighted by atomic mass is 10.0. The number of aryl methyl sites for hydroxylation is 1. The minimum absolute atomic E-state index is 0.0224. The van der Waals surface area contributed by atoms with Crippen LogP contribution in [0.15, 0.2) is 12.1 Å². The Morgan fingerprint density at radius 2 is 2.12 bits per heavy atom. The monoisotopic (exact) mass is 358 g/mol. The van der Waals surface area contributed by atoms with Gasteiger partial charge in [0.15, 0.2) is 9.84 Å². The summed E-state index contributed by atoms with van der Waals surface area (Å²) in [6, 6.07) is 1.81. The molecule has 0 aromatic heterocycles. The van der Waals surface area contributed by atoms with Crippen molar-refractivity contribution in [2.24, 2.45) is 0 Å². The Morgan fingerprint density at radius 3 is 2.79 bits per heavy atom. The molecule has 3 rings (SSSR count). The first-order valence-corrected chi connectivity index (χ1v) is 9.78. The van der Waals surface area contributed by atoms with E-state index in [1.807, 2.05) is 0 Å². The number of rotatable bonds is 3. The van der Waals surface area contributed by atoms with Crippen LogP contribution in [0, 0.1) is 11.6 Å². The van der Waals surface area contributed by atoms with Gasteiger partial charge >= 0.3 is 0 Å². The van der Waals surface area contributed by atoms with E-state index in [9.17, 15) is 22.0 Å². The number of halogens is 2. The molecule has 0 bridgehead atoms. The maximum atomic E-state index is 14.2. The van der Waals surface area contributed by atoms with Crippen LogP contribution in [-0.4, -0.2) is 56.9 Å². The second kappa shape index (κ2) is 6.31. The fourth-order valence-corrected chi connectivity index (χ4v) is 5.23. The molecular formula is C16H20F2N2O3S. The Kier molecular flexibility index (Phi) is 4.50. The quantitative estimate of drug-likeness (QED) is 0.819. The first-order valence-electron chi connectivity index (χ1n) is 7.96. The highest BCUT2D eigenvalue weighted by atomic mass is 32.2. The zero-order chi connectivity index (χ0) is 17.5. The van der Waals surface area contributed by atoms with Gasteiger partial charge in [-0.05, 0) is 30.9 Å². The van der Waals surface area contributed by atoms with Gasteiger partial charge in [-0.3, -0.25) is 4.79 Å². The summed E-state index contributed by atoms with van der Waals surface area (Å²) in [6.07, 6.45) is 1.72. The lowest BCUT2D eigenvalue weighted by Crippen LogP contribution is -2.45. The van der Waals surface area contributed by atoms with E-state index in [2.05, 4.69) is 0 Å². The van der Waals surface area contributed by atoms with Crippen molar-refractivity contribution < 1.29 is 22.0 Å². The molecule has 0 saturated carbocycles. The fraction of sp³-hybridized carbons (Fsp3) is 0.562. The number of sulfone groups is 1. The number of fused-ring (bicyclic) bond motifs is 1. The molecule has 0 aliphatic carbocycles. The van der Waals surface area contributed by atoms with Crippen LogP contribution >= 0.6 is 0 Å². The van der Waals surface area contributed by atoms with Gasteiger partial charge in [-0.15, -0.1) is 0 Å². The number of likely N-dealkylation sites (N-methyl/N-ethyl adjacent to an activating group) is 1. The maximum absolute atomic E-state index is 14.2. The van der Waals surface area contributed by atoms with E-state index in [1.54, 1.807) is 11.9 Å². The van der Waals surface area contributed by atoms with Crippen LogP contribution in [0.4, 0.5) is 14.5 Å². The molecule has 24 heavy (non-hydrogen) atoms. The van der Waals surface area contributed by atoms with Gasteiger partial charge < -0.3 is 9.80 Å². The molecule has 2 heterocycles. The zero-order valence-electron chi connectivity index (χ0n) is 13.5. The predicted molar refractivity (Wildman–Crippen MR) is 86.7 cm³/mol. The van der Waals surface area contributed by atoms with Crippen LogP contribution in [0.2, 0.25) is 0 Å². The molecule has 1 aromatic rings. The third-order valence-electron chi connectivity index (χ3n) is 4.77. The topological polar surface area (TPSA) is 57.7 Å². The normalized spacial score (nSPS) is 22.3. The van der Waals surface area contributed by atoms with Crippen molar-refractivity contribution >= 4 is 21.4 Å². The average Bonchev–Trinajstić information content (AvgIpc) is 2.86. The molecule has 2 aliphatic rings. The highest BCUT2D eigenvalue weighted by Gasteiger charge is 2.33. The Balaban J connectivity index is 1.74. The molecule has 0 spiro atoms. The van der Waals surface area contributed by atoms with E-state index < -0.39 is 21.5 Å². The third kappa shape index (κ3) is 3.38. The minimum Gasteiger partial charge on any atom is -0.360 e. The van der Waals surface area contributed by atoms with Crippen LogP contribution < -0.4 is 4.90 Å². The standard InChI is InChI=1S/C16H20F2N2O3S/c1-19(13-4-6-24(22,23)10-13)15(21)9-20-5-2-3-11-7-12(17)8-14(18)16(11)20/h7-8,13H,2-6,9-10H2,1H3/t13-/m0/s1. The number of anilines is 1. The molecule has 1 amide bonds. The van der Waals surface area contributed by atoms with E-state index in [4.69, 9.17) is 0 Å². The number of hydrogen-bond donors (Lipinski definition) is 0. The lowest BCUT2D eigenvalue weighted by molar-refractivity contribution is -0.130. The van der Waals surface area contributed by atoms with E-state index in [0.717, 1.165) is 6.07 Å². The summed E-state index contributed by atoms with van der Waals surface area (Å²) in [5, 5.41) is 0. The van der Waals surface area contributed by atoms with Crippen molar-refractivity contribution in [3.05, 3.63) is 29.3 Å². The van der Waals surface area contributed by atoms with Gasteiger partial charge in [0.2, 0.25) is 5.91 Å². The smallest absolute Gasteiger partial charge is 0.242 e. The minimum atomic E-state index is -3.08. The Hall–Kier alpha value is -1.70. The Bertz CT molecular complexity index is 767. The molecule has 132 valence electrons. The van der Waals surface area contributed by atoms with Crippen LogP contribution in [0.5, 0.6) is 0 Å². The van der Waals surface area contributed by atoms with Gasteiger partial charge in [0.1, 0.15) is 11.6 Å². The average molecular weight is 358 g/mol. The van der Waals surface area contributed by atoms with Crippen LogP contribution in [0.3, 0.4) is 0 Å². The fourth-order valence-electron chi connectivity index (χ4n) is 3.45. The summed E-state index contributed by atoms with van der Waals surface area (Å²) in [6.45, 7) is 0.473. The first kappa shape index (κ1) is 17.1. The van der Waals surface area contributed by atoms with Gasteiger partial charge in [0, 0.05) is 25.7 Å². The molecular weight excluding hydrogens is 338 g/mol. The molecule has 8 heteroatoms. The molecule has 1 fully saturated rings. The Morgan fingerprint density at radius 1 is 1.38 bits per heavy atom. The molecule has 1 aromatic carbocycles. The van der Waals surface area contributed by atoms with Crippen LogP contribution in [-0.2, 0) is 21.1 Å². The zero-order valence-corrected chi connectivity index (χ0v) is 14.3. The molecule has 0 N–H and O–H groups in total. The lowest BCUT2D eigenvalue weighted by Gasteiger charge is -2.33. The molecule has 2 aliphatic heterocycles. The van der Waals surface area contributed by atoms with Crippen LogP contribution in [0.25, 0.3) is 0 Å². The van der Waals surface area contributed by atoms with Gasteiger partial charge in [-0.2, -0.15) is 0 Å². The number of amides is 1. The van der Waals surface area contributed by atoms with E-state index in [-0.39, 0.29) is 35.7 Å². The van der Waals surface area contributed by atoms with Gasteiger partial charge in [0.05, 0.1) is 23.7 Å². The highest BCUT2D eigenvalue weighted by Crippen LogP contribution is 2.31. The summed E-state index contributed by atoms with van der Waals surface area (Å²) in [7, 11) is -1.49. The van der Waals surface area contributed by atoms with Gasteiger partial charge in [-0.1, -0.05) is 0 Å². The summed E-state index contributed by atoms with van der Waals surface area (Å²) in [5.41, 5.74) is 0.848. The SMILES string of the molecule is CN(C(=O)CN1CCCc2cc(F)cc(F)c21)[C@H]1CCS(=O)(=O)C1. The molecule has 1 atom stereocenters. The van der Waals surface area contributed by atoms with Gasteiger partial charge in [-0.25, -0.2) is 17.2 Å². The molecule has 5 nitrogen and oxygen atoms in total. The van der Waals surface area contributed by atoms with Crippen LogP contribution in [0.1, 0.15) is 18.4 Å². The molecule has 0 radical (unpaired) electrons. The van der Waals surface area contributed by atoms with Gasteiger partial charge in [0.25, 0.3) is 0 Å². The number of hydrogen-bond acceptors (Lipinski definition) is 4. The van der Waals surface area contributed by atoms with Crippen molar-refractivity contribution in [3.8, 4) is 0 Å². The maximum Gasteiger partial charge on any atom is 0.242 e. The largest absolute Gasteiger partial charge is 0.360 e. The highest BCUT2D eigenvalue weighted by molar-refractivity contribution is 7.91. The van der Waals surface area contributed by atoms with E-state index in [0.29, 0.717) is 31.4 Å². The van der Waals surface area contributed by atoms with Crippen molar-refractivity contribution in [2.45, 2.75) is 25.3 Å². The third-order valence-corrected chi connectivity index (χ3v) is 6.52. The summed E-state index contributed by atoms with van der Waals surface area (Å²) >= 11 is 0. The summed E-state index contributed by atoms with van der Waals surface area (Å²) in [5.74, 6) is -1.47. The van der Waals surface area contributed by atoms with E-state index >= 15 is 0 Å². The number of carbonyl (C=O) groups excluding carboxylic acids is 1. The Labute approximate surface area is 140 Å². The molecule has 1 saturated heterocycles. The molecule has 0 unspecified atom stereocenters. The predicted octanol–water partition coefficient (Wildman–Crippen LogP) is 1.36. The van der Waals surface area contributed by atoms with Crippen molar-refractivity contribution in [1.29, 1.82) is 0 Å². The second-order valence-electron chi connectivity index (χ2n) is 6.48. The van der Waals surface area contributed by atoms with Crippen molar-refractivity contribution in [2.75, 3.05) is 36.5 Å². The summed E-state index contributed by atoms with van der Waals surface area (Å²) < 4.78 is 50.6. The summed E-state index contributed by atoms with van der Waals surface area (Å²) in [4.78, 5) is 15.6. The van der Waals surface area contributed by atoms with Crippen molar-refractivity contribution in [3.63, 3.8) is 0 Å². The number of carbonyl (C=O) groups is 1. The van der Waals surface area contributed by atoms with Crippen molar-refractivity contribution in [1.82, 2.24) is 4.90 Å². The number of nitrogens with zero attached hydrogens (tertiary/aromatic N) is 2. The first-order chi connectivity index (χ1) is 11.3. The van der Waals surface area contributed by atoms with E-state index in [1.165, 1.54) is 11.0 Å². The second-order valence-corrected chi connectivity index (χ2v) is 8.71. The number of benzene rings is 1.